The number of hydrogen-bond acceptors (Lipinski definition) is 6. The zero-order valence-electron chi connectivity index (χ0n) is 20.3. The summed E-state index contributed by atoms with van der Waals surface area (Å²) in [5.41, 5.74) is 2.52. The first-order chi connectivity index (χ1) is 16.7. The SMILES string of the molecule is Cc1ccc(OC(C)(Cc2ccc(OCCc3nc(-c4cccs4)oc3C)cc2)C(=O)O)cc1C. The van der Waals surface area contributed by atoms with Gasteiger partial charge in [0.15, 0.2) is 0 Å². The van der Waals surface area contributed by atoms with Crippen LogP contribution >= 0.6 is 11.3 Å². The maximum absolute atomic E-state index is 12.1. The molecule has 182 valence electrons. The fourth-order valence-corrected chi connectivity index (χ4v) is 4.37. The quantitative estimate of drug-likeness (QED) is 0.276. The summed E-state index contributed by atoms with van der Waals surface area (Å²) in [5, 5.41) is 11.9. The molecule has 0 radical (unpaired) electrons. The second-order valence-corrected chi connectivity index (χ2v) is 9.75. The van der Waals surface area contributed by atoms with E-state index in [9.17, 15) is 9.90 Å². The normalized spacial score (nSPS) is 12.8. The molecule has 0 aliphatic carbocycles. The third kappa shape index (κ3) is 5.92. The van der Waals surface area contributed by atoms with Gasteiger partial charge in [0.1, 0.15) is 17.3 Å². The number of aryl methyl sites for hydroxylation is 3. The largest absolute Gasteiger partial charge is 0.493 e. The molecule has 1 N–H and O–H groups in total. The predicted molar refractivity (Wildman–Crippen MR) is 136 cm³/mol. The first-order valence-corrected chi connectivity index (χ1v) is 12.3. The number of oxazole rings is 1. The van der Waals surface area contributed by atoms with Gasteiger partial charge in [-0.1, -0.05) is 24.3 Å². The summed E-state index contributed by atoms with van der Waals surface area (Å²) < 4.78 is 17.6. The molecule has 35 heavy (non-hydrogen) atoms. The van der Waals surface area contributed by atoms with Crippen LogP contribution in [0.15, 0.2) is 64.4 Å². The van der Waals surface area contributed by atoms with Gasteiger partial charge in [-0.2, -0.15) is 0 Å². The Hall–Kier alpha value is -3.58. The highest BCUT2D eigenvalue weighted by atomic mass is 32.1. The van der Waals surface area contributed by atoms with Gasteiger partial charge in [-0.3, -0.25) is 0 Å². The van der Waals surface area contributed by atoms with Gasteiger partial charge in [0.2, 0.25) is 11.5 Å². The molecular formula is C28H29NO5S. The molecule has 0 aliphatic heterocycles. The Morgan fingerprint density at radius 3 is 2.46 bits per heavy atom. The molecule has 2 aromatic heterocycles. The van der Waals surface area contributed by atoms with Crippen molar-refractivity contribution in [2.75, 3.05) is 6.61 Å². The molecule has 2 heterocycles. The van der Waals surface area contributed by atoms with Crippen LogP contribution in [0, 0.1) is 20.8 Å². The molecule has 4 rings (SSSR count). The van der Waals surface area contributed by atoms with E-state index in [4.69, 9.17) is 13.9 Å². The molecule has 0 saturated carbocycles. The van der Waals surface area contributed by atoms with Crippen molar-refractivity contribution in [2.24, 2.45) is 0 Å². The Morgan fingerprint density at radius 1 is 1.06 bits per heavy atom. The summed E-state index contributed by atoms with van der Waals surface area (Å²) in [7, 11) is 0. The number of ether oxygens (including phenoxy) is 2. The van der Waals surface area contributed by atoms with Crippen LogP contribution in [-0.4, -0.2) is 28.3 Å². The zero-order valence-corrected chi connectivity index (χ0v) is 21.1. The van der Waals surface area contributed by atoms with Gasteiger partial charge in [-0.05, 0) is 80.1 Å². The number of carbonyl (C=O) groups is 1. The maximum atomic E-state index is 12.1. The van der Waals surface area contributed by atoms with Crippen LogP contribution in [0.5, 0.6) is 11.5 Å². The molecule has 0 fully saturated rings. The van der Waals surface area contributed by atoms with E-state index < -0.39 is 11.6 Å². The van der Waals surface area contributed by atoms with Crippen LogP contribution in [0.4, 0.5) is 0 Å². The van der Waals surface area contributed by atoms with Crippen molar-refractivity contribution in [1.82, 2.24) is 4.98 Å². The minimum atomic E-state index is -1.39. The standard InChI is InChI=1S/C28H29NO5S/c1-18-7-10-23(16-19(18)2)34-28(4,27(30)31)17-21-8-11-22(12-9-21)32-14-13-24-20(3)33-26(29-24)25-6-5-15-35-25/h5-12,15-16H,13-14,17H2,1-4H3,(H,30,31). The average Bonchev–Trinajstić information content (AvgIpc) is 3.48. The first kappa shape index (κ1) is 24.5. The van der Waals surface area contributed by atoms with E-state index in [2.05, 4.69) is 4.98 Å². The summed E-state index contributed by atoms with van der Waals surface area (Å²) in [5.74, 6) is 1.68. The Morgan fingerprint density at radius 2 is 1.80 bits per heavy atom. The van der Waals surface area contributed by atoms with Crippen LogP contribution in [0.1, 0.15) is 35.1 Å². The first-order valence-electron chi connectivity index (χ1n) is 11.4. The number of nitrogens with zero attached hydrogens (tertiary/aromatic N) is 1. The number of hydrogen-bond donors (Lipinski definition) is 1. The van der Waals surface area contributed by atoms with E-state index in [1.54, 1.807) is 24.3 Å². The smallest absolute Gasteiger partial charge is 0.348 e. The van der Waals surface area contributed by atoms with Crippen LogP contribution in [0.25, 0.3) is 10.8 Å². The van der Waals surface area contributed by atoms with E-state index >= 15 is 0 Å². The van der Waals surface area contributed by atoms with Crippen molar-refractivity contribution in [2.45, 2.75) is 46.1 Å². The van der Waals surface area contributed by atoms with Crippen LogP contribution in [0.2, 0.25) is 0 Å². The van der Waals surface area contributed by atoms with Gasteiger partial charge in [-0.15, -0.1) is 11.3 Å². The van der Waals surface area contributed by atoms with Crippen LogP contribution < -0.4 is 9.47 Å². The van der Waals surface area contributed by atoms with Gasteiger partial charge in [0.05, 0.1) is 17.2 Å². The third-order valence-electron chi connectivity index (χ3n) is 5.97. The fraction of sp³-hybridized carbons (Fsp3) is 0.286. The molecule has 0 spiro atoms. The number of aromatic nitrogens is 1. The zero-order chi connectivity index (χ0) is 25.0. The van der Waals surface area contributed by atoms with Crippen molar-refractivity contribution >= 4 is 17.3 Å². The maximum Gasteiger partial charge on any atom is 0.348 e. The lowest BCUT2D eigenvalue weighted by Gasteiger charge is -2.27. The Kier molecular flexibility index (Phi) is 7.26. The lowest BCUT2D eigenvalue weighted by Crippen LogP contribution is -2.43. The summed E-state index contributed by atoms with van der Waals surface area (Å²) >= 11 is 1.59. The monoisotopic (exact) mass is 491 g/mol. The molecule has 0 amide bonds. The molecule has 0 bridgehead atoms. The molecule has 1 atom stereocenters. The summed E-state index contributed by atoms with van der Waals surface area (Å²) in [4.78, 5) is 17.7. The van der Waals surface area contributed by atoms with E-state index in [0.29, 0.717) is 30.4 Å². The minimum absolute atomic E-state index is 0.221. The molecule has 4 aromatic rings. The Balaban J connectivity index is 1.35. The lowest BCUT2D eigenvalue weighted by molar-refractivity contribution is -0.153. The molecule has 2 aromatic carbocycles. The summed E-state index contributed by atoms with van der Waals surface area (Å²) in [6, 6.07) is 17.0. The number of thiophene rings is 1. The van der Waals surface area contributed by atoms with E-state index in [0.717, 1.165) is 33.0 Å². The van der Waals surface area contributed by atoms with Crippen molar-refractivity contribution < 1.29 is 23.8 Å². The van der Waals surface area contributed by atoms with E-state index in [-0.39, 0.29) is 6.42 Å². The van der Waals surface area contributed by atoms with Gasteiger partial charge in [0.25, 0.3) is 0 Å². The molecule has 0 aliphatic rings. The highest BCUT2D eigenvalue weighted by Gasteiger charge is 2.36. The number of carboxylic acid groups (broad SMARTS) is 1. The van der Waals surface area contributed by atoms with E-state index in [1.807, 2.05) is 74.7 Å². The van der Waals surface area contributed by atoms with E-state index in [1.165, 1.54) is 0 Å². The van der Waals surface area contributed by atoms with Crippen molar-refractivity contribution in [3.8, 4) is 22.3 Å². The van der Waals surface area contributed by atoms with Gasteiger partial charge < -0.3 is 19.0 Å². The highest BCUT2D eigenvalue weighted by Crippen LogP contribution is 2.27. The lowest BCUT2D eigenvalue weighted by atomic mass is 9.96. The number of aliphatic carboxylic acids is 1. The predicted octanol–water partition coefficient (Wildman–Crippen LogP) is 6.41. The Bertz CT molecular complexity index is 1290. The topological polar surface area (TPSA) is 81.8 Å². The summed E-state index contributed by atoms with van der Waals surface area (Å²) in [6.07, 6.45) is 0.850. The minimum Gasteiger partial charge on any atom is -0.493 e. The number of rotatable bonds is 10. The van der Waals surface area contributed by atoms with Gasteiger partial charge >= 0.3 is 5.97 Å². The molecule has 7 heteroatoms. The van der Waals surface area contributed by atoms with Gasteiger partial charge in [0, 0.05) is 12.8 Å². The average molecular weight is 492 g/mol. The summed E-state index contributed by atoms with van der Waals surface area (Å²) in [6.45, 7) is 7.95. The molecule has 0 saturated heterocycles. The molecule has 1 unspecified atom stereocenters. The number of carboxylic acids is 1. The molecule has 6 nitrogen and oxygen atoms in total. The second-order valence-electron chi connectivity index (χ2n) is 8.80. The highest BCUT2D eigenvalue weighted by molar-refractivity contribution is 7.13. The van der Waals surface area contributed by atoms with Crippen molar-refractivity contribution in [3.63, 3.8) is 0 Å². The fourth-order valence-electron chi connectivity index (χ4n) is 3.72. The van der Waals surface area contributed by atoms with Crippen LogP contribution in [-0.2, 0) is 17.6 Å². The number of benzene rings is 2. The van der Waals surface area contributed by atoms with Crippen molar-refractivity contribution in [1.29, 1.82) is 0 Å². The molecular weight excluding hydrogens is 462 g/mol. The third-order valence-corrected chi connectivity index (χ3v) is 6.83. The second kappa shape index (κ2) is 10.4. The van der Waals surface area contributed by atoms with Crippen LogP contribution in [0.3, 0.4) is 0 Å². The van der Waals surface area contributed by atoms with Gasteiger partial charge in [-0.25, -0.2) is 9.78 Å². The van der Waals surface area contributed by atoms with Crippen molar-refractivity contribution in [3.05, 3.63) is 88.1 Å². The Labute approximate surface area is 209 Å².